The topological polar surface area (TPSA) is 32.7 Å². The molecule has 0 saturated carbocycles. The Hall–Kier alpha value is -1.22. The van der Waals surface area contributed by atoms with Crippen LogP contribution in [0.2, 0.25) is 0 Å². The summed E-state index contributed by atoms with van der Waals surface area (Å²) in [6.07, 6.45) is 5.33. The van der Waals surface area contributed by atoms with Crippen LogP contribution in [-0.4, -0.2) is 29.7 Å². The van der Waals surface area contributed by atoms with Gasteiger partial charge in [0, 0.05) is 6.54 Å². The summed E-state index contributed by atoms with van der Waals surface area (Å²) in [5, 5.41) is 9.73. The molecule has 1 N–H and O–H groups in total. The molecule has 1 fully saturated rings. The molecule has 1 heterocycles. The van der Waals surface area contributed by atoms with Gasteiger partial charge in [0.25, 0.3) is 0 Å². The largest absolute Gasteiger partial charge is 0.504 e. The molecule has 0 bridgehead atoms. The zero-order valence-corrected chi connectivity index (χ0v) is 12.8. The quantitative estimate of drug-likeness (QED) is 0.858. The van der Waals surface area contributed by atoms with Crippen LogP contribution in [0.4, 0.5) is 0 Å². The summed E-state index contributed by atoms with van der Waals surface area (Å²) in [6.45, 7) is 8.13. The second-order valence-electron chi connectivity index (χ2n) is 5.74. The molecule has 1 aromatic rings. The first-order valence-electron chi connectivity index (χ1n) is 7.90. The van der Waals surface area contributed by atoms with Crippen LogP contribution in [0, 0.1) is 5.92 Å². The predicted octanol–water partition coefficient (Wildman–Crippen LogP) is 3.80. The number of phenolic OH excluding ortho intramolecular Hbond substituents is 1. The highest BCUT2D eigenvalue weighted by Gasteiger charge is 2.18. The summed E-state index contributed by atoms with van der Waals surface area (Å²) in [7, 11) is 0. The van der Waals surface area contributed by atoms with Gasteiger partial charge >= 0.3 is 0 Å². The molecule has 1 aliphatic rings. The van der Waals surface area contributed by atoms with Crippen molar-refractivity contribution in [1.29, 1.82) is 0 Å². The van der Waals surface area contributed by atoms with Gasteiger partial charge in [-0.2, -0.15) is 0 Å². The van der Waals surface area contributed by atoms with E-state index in [0.29, 0.717) is 12.4 Å². The number of benzene rings is 1. The van der Waals surface area contributed by atoms with E-state index in [1.54, 1.807) is 6.07 Å². The molecule has 0 aromatic heterocycles. The fourth-order valence-corrected chi connectivity index (χ4v) is 3.03. The van der Waals surface area contributed by atoms with E-state index < -0.39 is 0 Å². The summed E-state index contributed by atoms with van der Waals surface area (Å²) in [4.78, 5) is 2.51. The van der Waals surface area contributed by atoms with Crippen LogP contribution in [0.1, 0.15) is 45.1 Å². The van der Waals surface area contributed by atoms with E-state index in [0.717, 1.165) is 12.5 Å². The van der Waals surface area contributed by atoms with Crippen molar-refractivity contribution in [2.75, 3.05) is 19.7 Å². The van der Waals surface area contributed by atoms with Gasteiger partial charge in [-0.1, -0.05) is 25.8 Å². The van der Waals surface area contributed by atoms with Crippen molar-refractivity contribution in [2.24, 2.45) is 5.92 Å². The van der Waals surface area contributed by atoms with E-state index in [4.69, 9.17) is 4.74 Å². The highest BCUT2D eigenvalue weighted by atomic mass is 16.5. The minimum Gasteiger partial charge on any atom is -0.504 e. The van der Waals surface area contributed by atoms with Crippen LogP contribution in [0.5, 0.6) is 11.5 Å². The number of piperidine rings is 1. The maximum absolute atomic E-state index is 9.73. The smallest absolute Gasteiger partial charge is 0.161 e. The number of ether oxygens (including phenoxy) is 1. The molecule has 0 aliphatic carbocycles. The molecule has 1 aliphatic heterocycles. The SMILES string of the molecule is CCCC1CCN(Cc2ccc(O)c(OCC)c2)CC1. The first-order chi connectivity index (χ1) is 9.72. The third-order valence-electron chi connectivity index (χ3n) is 4.13. The van der Waals surface area contributed by atoms with Crippen LogP contribution in [0.25, 0.3) is 0 Å². The first kappa shape index (κ1) is 15.2. The Bertz CT molecular complexity index is 411. The number of rotatable bonds is 6. The van der Waals surface area contributed by atoms with Crippen molar-refractivity contribution in [1.82, 2.24) is 4.90 Å². The maximum atomic E-state index is 9.73. The third kappa shape index (κ3) is 4.14. The van der Waals surface area contributed by atoms with Crippen LogP contribution in [-0.2, 0) is 6.54 Å². The van der Waals surface area contributed by atoms with Gasteiger partial charge in [0.2, 0.25) is 0 Å². The molecule has 0 atom stereocenters. The average molecular weight is 277 g/mol. The van der Waals surface area contributed by atoms with Crippen molar-refractivity contribution < 1.29 is 9.84 Å². The fraction of sp³-hybridized carbons (Fsp3) is 0.647. The average Bonchev–Trinajstić information content (AvgIpc) is 2.45. The number of nitrogens with zero attached hydrogens (tertiary/aromatic N) is 1. The van der Waals surface area contributed by atoms with Gasteiger partial charge in [0.05, 0.1) is 6.61 Å². The Labute approximate surface area is 122 Å². The molecule has 20 heavy (non-hydrogen) atoms. The Balaban J connectivity index is 1.89. The molecule has 3 nitrogen and oxygen atoms in total. The monoisotopic (exact) mass is 277 g/mol. The summed E-state index contributed by atoms with van der Waals surface area (Å²) >= 11 is 0. The molecule has 3 heteroatoms. The Kier molecular flexibility index (Phi) is 5.72. The number of phenols is 1. The van der Waals surface area contributed by atoms with E-state index >= 15 is 0 Å². The third-order valence-corrected chi connectivity index (χ3v) is 4.13. The summed E-state index contributed by atoms with van der Waals surface area (Å²) in [5.41, 5.74) is 1.22. The predicted molar refractivity (Wildman–Crippen MR) is 82.2 cm³/mol. The number of aromatic hydroxyl groups is 1. The van der Waals surface area contributed by atoms with Gasteiger partial charge in [-0.15, -0.1) is 0 Å². The van der Waals surface area contributed by atoms with E-state index in [1.165, 1.54) is 44.3 Å². The second kappa shape index (κ2) is 7.53. The van der Waals surface area contributed by atoms with Crippen molar-refractivity contribution in [3.8, 4) is 11.5 Å². The summed E-state index contributed by atoms with van der Waals surface area (Å²) in [6, 6.07) is 5.71. The molecule has 1 aromatic carbocycles. The molecule has 0 spiro atoms. The summed E-state index contributed by atoms with van der Waals surface area (Å²) < 4.78 is 5.45. The highest BCUT2D eigenvalue weighted by Crippen LogP contribution is 2.28. The van der Waals surface area contributed by atoms with Gasteiger partial charge in [0.15, 0.2) is 11.5 Å². The van der Waals surface area contributed by atoms with Crippen molar-refractivity contribution in [3.05, 3.63) is 23.8 Å². The molecular weight excluding hydrogens is 250 g/mol. The van der Waals surface area contributed by atoms with Crippen molar-refractivity contribution in [2.45, 2.75) is 46.1 Å². The zero-order valence-electron chi connectivity index (χ0n) is 12.8. The van der Waals surface area contributed by atoms with Crippen LogP contribution in [0.3, 0.4) is 0 Å². The lowest BCUT2D eigenvalue weighted by Gasteiger charge is -2.32. The van der Waals surface area contributed by atoms with E-state index in [-0.39, 0.29) is 5.75 Å². The molecule has 1 saturated heterocycles. The normalized spacial score (nSPS) is 17.3. The highest BCUT2D eigenvalue weighted by molar-refractivity contribution is 5.41. The minimum absolute atomic E-state index is 0.234. The van der Waals surface area contributed by atoms with E-state index in [1.807, 2.05) is 19.1 Å². The van der Waals surface area contributed by atoms with Gasteiger partial charge in [-0.25, -0.2) is 0 Å². The number of hydrogen-bond acceptors (Lipinski definition) is 3. The Morgan fingerprint density at radius 2 is 2.00 bits per heavy atom. The lowest BCUT2D eigenvalue weighted by atomic mass is 9.92. The van der Waals surface area contributed by atoms with Crippen LogP contribution in [0.15, 0.2) is 18.2 Å². The summed E-state index contributed by atoms with van der Waals surface area (Å²) in [5.74, 6) is 1.76. The molecule has 0 amide bonds. The van der Waals surface area contributed by atoms with Crippen LogP contribution >= 0.6 is 0 Å². The fourth-order valence-electron chi connectivity index (χ4n) is 3.03. The lowest BCUT2D eigenvalue weighted by molar-refractivity contribution is 0.171. The second-order valence-corrected chi connectivity index (χ2v) is 5.74. The van der Waals surface area contributed by atoms with Gasteiger partial charge in [-0.05, 0) is 56.5 Å². The van der Waals surface area contributed by atoms with Gasteiger partial charge < -0.3 is 9.84 Å². The maximum Gasteiger partial charge on any atom is 0.161 e. The Morgan fingerprint density at radius 1 is 1.25 bits per heavy atom. The molecular formula is C17H27NO2. The standard InChI is InChI=1S/C17H27NO2/c1-3-5-14-8-10-18(11-9-14)13-15-6-7-16(19)17(12-15)20-4-2/h6-7,12,14,19H,3-5,8-11,13H2,1-2H3. The molecule has 112 valence electrons. The zero-order chi connectivity index (χ0) is 14.4. The van der Waals surface area contributed by atoms with E-state index in [2.05, 4.69) is 11.8 Å². The van der Waals surface area contributed by atoms with Gasteiger partial charge in [-0.3, -0.25) is 4.90 Å². The minimum atomic E-state index is 0.234. The number of likely N-dealkylation sites (tertiary alicyclic amines) is 1. The lowest BCUT2D eigenvalue weighted by Crippen LogP contribution is -2.33. The molecule has 2 rings (SSSR count). The van der Waals surface area contributed by atoms with Crippen LogP contribution < -0.4 is 4.74 Å². The Morgan fingerprint density at radius 3 is 2.65 bits per heavy atom. The molecule has 0 radical (unpaired) electrons. The van der Waals surface area contributed by atoms with Crippen molar-refractivity contribution >= 4 is 0 Å². The van der Waals surface area contributed by atoms with Crippen molar-refractivity contribution in [3.63, 3.8) is 0 Å². The van der Waals surface area contributed by atoms with E-state index in [9.17, 15) is 5.11 Å². The van der Waals surface area contributed by atoms with Gasteiger partial charge in [0.1, 0.15) is 0 Å². The first-order valence-corrected chi connectivity index (χ1v) is 7.90. The number of hydrogen-bond donors (Lipinski definition) is 1. The molecule has 0 unspecified atom stereocenters.